The molecular weight excluding hydrogens is 985 g/mol. The average molecular weight is 1040 g/mol. The summed E-state index contributed by atoms with van der Waals surface area (Å²) in [5.41, 5.74) is 1.05. The number of fused-ring (bicyclic) bond motifs is 4. The predicted molar refractivity (Wildman–Crippen MR) is 254 cm³/mol. The summed E-state index contributed by atoms with van der Waals surface area (Å²) in [6, 6.07) is 24.6. The molecule has 0 spiro atoms. The Balaban J connectivity index is 0.903. The van der Waals surface area contributed by atoms with Crippen molar-refractivity contribution in [1.82, 2.24) is 20.3 Å². The van der Waals surface area contributed by atoms with Gasteiger partial charge in [0.15, 0.2) is 0 Å². The Bertz CT molecular complexity index is 2570. The summed E-state index contributed by atoms with van der Waals surface area (Å²) >= 11 is 0. The zero-order valence-corrected chi connectivity index (χ0v) is 40.8. The third kappa shape index (κ3) is 12.8. The minimum Gasteiger partial charge on any atom is -0.388 e. The number of aliphatic hydroxyl groups is 2. The maximum Gasteiger partial charge on any atom is 0.285 e. The molecule has 23 heteroatoms. The van der Waals surface area contributed by atoms with Crippen molar-refractivity contribution in [2.24, 2.45) is 5.92 Å². The van der Waals surface area contributed by atoms with Crippen LogP contribution in [0, 0.1) is 5.92 Å². The van der Waals surface area contributed by atoms with Gasteiger partial charge < -0.3 is 33.9 Å². The molecular formula is C52H54N4O19. The second-order valence-corrected chi connectivity index (χ2v) is 18.0. The highest BCUT2D eigenvalue weighted by molar-refractivity contribution is 6.22. The van der Waals surface area contributed by atoms with Crippen molar-refractivity contribution in [3.63, 3.8) is 0 Å². The van der Waals surface area contributed by atoms with E-state index >= 15 is 0 Å². The lowest BCUT2D eigenvalue weighted by atomic mass is 10.1. The van der Waals surface area contributed by atoms with Gasteiger partial charge in [0.1, 0.15) is 56.9 Å². The van der Waals surface area contributed by atoms with Crippen LogP contribution >= 0.6 is 0 Å². The van der Waals surface area contributed by atoms with Crippen LogP contribution in [0.3, 0.4) is 0 Å². The summed E-state index contributed by atoms with van der Waals surface area (Å²) in [4.78, 5) is 127. The number of imide groups is 4. The van der Waals surface area contributed by atoms with E-state index in [-0.39, 0.29) is 77.5 Å². The number of rotatable bonds is 30. The smallest absolute Gasteiger partial charge is 0.285 e. The van der Waals surface area contributed by atoms with E-state index in [2.05, 4.69) is 0 Å². The third-order valence-electron chi connectivity index (χ3n) is 11.9. The highest BCUT2D eigenvalue weighted by atomic mass is 16.7. The molecule has 4 atom stereocenters. The molecule has 4 aliphatic heterocycles. The number of hydrogen-bond acceptors (Lipinski definition) is 19. The zero-order valence-electron chi connectivity index (χ0n) is 40.8. The van der Waals surface area contributed by atoms with Gasteiger partial charge in [0, 0.05) is 6.61 Å². The number of amides is 8. The molecule has 0 aromatic heterocycles. The van der Waals surface area contributed by atoms with Crippen LogP contribution in [0.1, 0.15) is 103 Å². The van der Waals surface area contributed by atoms with Crippen LogP contribution in [0.15, 0.2) is 97.1 Å². The largest absolute Gasteiger partial charge is 0.388 e. The first kappa shape index (κ1) is 54.3. The minimum absolute atomic E-state index is 0.00952. The molecule has 0 radical (unpaired) electrons. The van der Waals surface area contributed by atoms with Gasteiger partial charge in [0.2, 0.25) is 0 Å². The average Bonchev–Trinajstić information content (AvgIpc) is 4.01. The molecule has 4 unspecified atom stereocenters. The quantitative estimate of drug-likeness (QED) is 0.0561. The van der Waals surface area contributed by atoms with Crippen LogP contribution in [0.5, 0.6) is 0 Å². The van der Waals surface area contributed by atoms with E-state index in [4.69, 9.17) is 43.0 Å². The van der Waals surface area contributed by atoms with Gasteiger partial charge in [0.05, 0.1) is 84.1 Å². The van der Waals surface area contributed by atoms with Crippen LogP contribution in [0.25, 0.3) is 0 Å². The fraction of sp³-hybridized carbons (Fsp3) is 0.385. The van der Waals surface area contributed by atoms with Crippen LogP contribution in [0.4, 0.5) is 0 Å². The van der Waals surface area contributed by atoms with Gasteiger partial charge in [0.25, 0.3) is 47.3 Å². The Morgan fingerprint density at radius 1 is 0.347 bits per heavy atom. The van der Waals surface area contributed by atoms with Crippen LogP contribution in [-0.2, 0) is 43.0 Å². The molecule has 0 aliphatic carbocycles. The van der Waals surface area contributed by atoms with Crippen molar-refractivity contribution in [3.8, 4) is 0 Å². The summed E-state index contributed by atoms with van der Waals surface area (Å²) in [6.07, 6.45) is -5.19. The number of nitrogens with zero attached hydrogens (tertiary/aromatic N) is 4. The molecule has 75 heavy (non-hydrogen) atoms. The minimum atomic E-state index is -1.44. The van der Waals surface area contributed by atoms with Gasteiger partial charge in [-0.2, -0.15) is 0 Å². The molecule has 8 amide bonds. The SMILES string of the molecule is CC(C)CCOCC(CON1C(=O)c2ccccc2C1=O)OCC(O)COCC(COC(CON1C(=O)c2ccccc2C1=O)CON1C(=O)c2ccccc2C1=O)OCC(O)CON1C(=O)c2ccccc2C1=O. The van der Waals surface area contributed by atoms with Crippen LogP contribution in [0.2, 0.25) is 0 Å². The summed E-state index contributed by atoms with van der Waals surface area (Å²) < 4.78 is 29.7. The summed E-state index contributed by atoms with van der Waals surface area (Å²) in [6.45, 7) is 0.558. The maximum atomic E-state index is 13.2. The molecule has 4 aliphatic rings. The van der Waals surface area contributed by atoms with E-state index in [0.717, 1.165) is 6.42 Å². The maximum absolute atomic E-state index is 13.2. The highest BCUT2D eigenvalue weighted by Crippen LogP contribution is 2.27. The topological polar surface area (TPSA) is 273 Å². The molecule has 4 aromatic rings. The lowest BCUT2D eigenvalue weighted by Crippen LogP contribution is -2.41. The monoisotopic (exact) mass is 1040 g/mol. The number of hydrogen-bond donors (Lipinski definition) is 2. The Hall–Kier alpha value is -7.00. The van der Waals surface area contributed by atoms with Crippen LogP contribution in [-0.4, -0.2) is 181 Å². The van der Waals surface area contributed by atoms with Crippen molar-refractivity contribution in [1.29, 1.82) is 0 Å². The molecule has 0 saturated heterocycles. The molecule has 0 fully saturated rings. The van der Waals surface area contributed by atoms with E-state index in [1.807, 2.05) is 13.8 Å². The third-order valence-corrected chi connectivity index (χ3v) is 11.9. The first-order chi connectivity index (χ1) is 36.2. The molecule has 23 nitrogen and oxygen atoms in total. The lowest BCUT2D eigenvalue weighted by molar-refractivity contribution is -0.182. The highest BCUT2D eigenvalue weighted by Gasteiger charge is 2.41. The predicted octanol–water partition coefficient (Wildman–Crippen LogP) is 2.85. The standard InChI is InChI=1S/C52H54N4O19/c1-31(2)19-20-67-25-35(28-73-54-47(61)39-13-5-6-14-40(39)48(54)62)70-22-32(57)21-68-26-34(69-23-33(58)24-72-53-45(59)37-11-3-4-12-38(37)46(53)60)27-71-36(29-74-55-49(63)41-15-7-8-16-42(41)50(55)64)30-75-56-51(65)43-17-9-10-18-44(43)52(56)66/h3-18,31-36,57-58H,19-30H2,1-2H3. The van der Waals surface area contributed by atoms with E-state index in [0.29, 0.717) is 32.8 Å². The normalized spacial score (nSPS) is 16.7. The number of aliphatic hydroxyl groups excluding tert-OH is 2. The van der Waals surface area contributed by atoms with Gasteiger partial charge in [-0.25, -0.2) is 0 Å². The number of benzene rings is 4. The second-order valence-electron chi connectivity index (χ2n) is 18.0. The number of carbonyl (C=O) groups is 8. The fourth-order valence-corrected chi connectivity index (χ4v) is 7.91. The Morgan fingerprint density at radius 3 is 0.947 bits per heavy atom. The van der Waals surface area contributed by atoms with Crippen molar-refractivity contribution >= 4 is 47.3 Å². The number of ether oxygens (including phenoxy) is 5. The van der Waals surface area contributed by atoms with Gasteiger partial charge in [-0.1, -0.05) is 62.4 Å². The first-order valence-corrected chi connectivity index (χ1v) is 24.0. The molecule has 4 heterocycles. The molecule has 0 bridgehead atoms. The fourth-order valence-electron chi connectivity index (χ4n) is 7.91. The summed E-state index contributed by atoms with van der Waals surface area (Å²) in [5.74, 6) is -5.34. The molecule has 8 rings (SSSR count). The van der Waals surface area contributed by atoms with Gasteiger partial charge in [-0.3, -0.25) is 57.7 Å². The van der Waals surface area contributed by atoms with Crippen molar-refractivity contribution < 1.29 is 91.6 Å². The van der Waals surface area contributed by atoms with Gasteiger partial charge >= 0.3 is 0 Å². The van der Waals surface area contributed by atoms with E-state index in [1.165, 1.54) is 48.5 Å². The lowest BCUT2D eigenvalue weighted by Gasteiger charge is -2.26. The van der Waals surface area contributed by atoms with Crippen molar-refractivity contribution in [2.75, 3.05) is 72.7 Å². The molecule has 2 N–H and O–H groups in total. The van der Waals surface area contributed by atoms with E-state index in [1.54, 1.807) is 48.5 Å². The summed E-state index contributed by atoms with van der Waals surface area (Å²) in [7, 11) is 0. The molecule has 396 valence electrons. The summed E-state index contributed by atoms with van der Waals surface area (Å²) in [5, 5.41) is 24.3. The number of carbonyl (C=O) groups excluding carboxylic acids is 8. The second kappa shape index (κ2) is 25.0. The van der Waals surface area contributed by atoms with Crippen molar-refractivity contribution in [3.05, 3.63) is 142 Å². The van der Waals surface area contributed by atoms with Crippen LogP contribution < -0.4 is 0 Å². The molecule has 0 saturated carbocycles. The Kier molecular flexibility index (Phi) is 18.1. The van der Waals surface area contributed by atoms with E-state index < -0.39 is 111 Å². The first-order valence-electron chi connectivity index (χ1n) is 24.0. The van der Waals surface area contributed by atoms with Gasteiger partial charge in [-0.05, 0) is 60.9 Å². The van der Waals surface area contributed by atoms with Crippen molar-refractivity contribution in [2.45, 2.75) is 50.8 Å². The Labute approximate surface area is 429 Å². The zero-order chi connectivity index (χ0) is 53.2. The van der Waals surface area contributed by atoms with E-state index in [9.17, 15) is 48.6 Å². The molecule has 4 aromatic carbocycles. The Morgan fingerprint density at radius 2 is 0.613 bits per heavy atom. The van der Waals surface area contributed by atoms with Gasteiger partial charge in [-0.15, -0.1) is 20.3 Å². The number of hydroxylamine groups is 8.